The second-order valence-electron chi connectivity index (χ2n) is 4.11. The first kappa shape index (κ1) is 14.2. The third-order valence-electron chi connectivity index (χ3n) is 2.56. The average Bonchev–Trinajstić information content (AvgIpc) is 2.15. The Labute approximate surface area is 97.3 Å². The van der Waals surface area contributed by atoms with E-state index in [1.165, 1.54) is 0 Å². The van der Waals surface area contributed by atoms with E-state index in [0.29, 0.717) is 26.2 Å². The van der Waals surface area contributed by atoms with E-state index < -0.39 is 24.7 Å². The number of nitrogens with zero attached hydrogens (tertiary/aromatic N) is 1. The molecule has 1 unspecified atom stereocenters. The quantitative estimate of drug-likeness (QED) is 0.809. The van der Waals surface area contributed by atoms with Gasteiger partial charge in [-0.1, -0.05) is 0 Å². The van der Waals surface area contributed by atoms with Crippen molar-refractivity contribution in [3.05, 3.63) is 0 Å². The van der Waals surface area contributed by atoms with Gasteiger partial charge in [0, 0.05) is 19.5 Å². The van der Waals surface area contributed by atoms with Gasteiger partial charge in [0.25, 0.3) is 0 Å². The predicted octanol–water partition coefficient (Wildman–Crippen LogP) is 1.50. The summed E-state index contributed by atoms with van der Waals surface area (Å²) in [4.78, 5) is 12.3. The predicted molar refractivity (Wildman–Crippen MR) is 53.7 cm³/mol. The number of carboxylic acids is 1. The monoisotopic (exact) mass is 255 g/mol. The van der Waals surface area contributed by atoms with Gasteiger partial charge in [-0.25, -0.2) is 0 Å². The Morgan fingerprint density at radius 3 is 2.76 bits per heavy atom. The molecule has 0 aromatic rings. The normalized spacial score (nSPS) is 22.6. The molecule has 1 N–H and O–H groups in total. The van der Waals surface area contributed by atoms with E-state index in [1.807, 2.05) is 4.90 Å². The van der Waals surface area contributed by atoms with E-state index in [9.17, 15) is 18.0 Å². The number of morpholine rings is 1. The Morgan fingerprint density at radius 1 is 1.47 bits per heavy atom. The van der Waals surface area contributed by atoms with Gasteiger partial charge in [0.05, 0.1) is 19.1 Å². The van der Waals surface area contributed by atoms with E-state index >= 15 is 0 Å². The van der Waals surface area contributed by atoms with E-state index in [2.05, 4.69) is 0 Å². The minimum absolute atomic E-state index is 0.0449. The van der Waals surface area contributed by atoms with Crippen molar-refractivity contribution in [3.8, 4) is 0 Å². The fraction of sp³-hybridized carbons (Fsp3) is 0.900. The van der Waals surface area contributed by atoms with Crippen molar-refractivity contribution in [2.24, 2.45) is 0 Å². The molecule has 1 aliphatic rings. The van der Waals surface area contributed by atoms with E-state index in [0.717, 1.165) is 0 Å². The zero-order chi connectivity index (χ0) is 12.9. The first-order chi connectivity index (χ1) is 7.87. The molecule has 100 valence electrons. The van der Waals surface area contributed by atoms with Gasteiger partial charge in [-0.2, -0.15) is 13.2 Å². The maximum absolute atomic E-state index is 11.9. The number of ether oxygens (including phenoxy) is 1. The molecular weight excluding hydrogens is 239 g/mol. The Hall–Kier alpha value is -0.820. The molecule has 0 aromatic carbocycles. The summed E-state index contributed by atoms with van der Waals surface area (Å²) in [5, 5.41) is 8.59. The molecule has 1 rings (SSSR count). The number of hydrogen-bond acceptors (Lipinski definition) is 3. The molecule has 0 bridgehead atoms. The molecule has 1 atom stereocenters. The summed E-state index contributed by atoms with van der Waals surface area (Å²) in [7, 11) is 0. The van der Waals surface area contributed by atoms with Gasteiger partial charge >= 0.3 is 12.1 Å². The number of hydrogen-bond donors (Lipinski definition) is 1. The molecule has 1 saturated heterocycles. The van der Waals surface area contributed by atoms with Gasteiger partial charge in [0.15, 0.2) is 0 Å². The summed E-state index contributed by atoms with van der Waals surface area (Å²) in [6.45, 7) is 1.67. The molecule has 0 saturated carbocycles. The lowest BCUT2D eigenvalue weighted by atomic mass is 10.2. The van der Waals surface area contributed by atoms with Gasteiger partial charge in [0.1, 0.15) is 0 Å². The van der Waals surface area contributed by atoms with Crippen molar-refractivity contribution in [1.82, 2.24) is 4.90 Å². The number of aliphatic carboxylic acids is 1. The highest BCUT2D eigenvalue weighted by Crippen LogP contribution is 2.21. The van der Waals surface area contributed by atoms with Crippen LogP contribution >= 0.6 is 0 Å². The van der Waals surface area contributed by atoms with Crippen molar-refractivity contribution < 1.29 is 27.8 Å². The van der Waals surface area contributed by atoms with Crippen molar-refractivity contribution in [2.45, 2.75) is 31.5 Å². The highest BCUT2D eigenvalue weighted by molar-refractivity contribution is 5.67. The summed E-state index contributed by atoms with van der Waals surface area (Å²) in [6, 6.07) is 0. The average molecular weight is 255 g/mol. The smallest absolute Gasteiger partial charge is 0.389 e. The highest BCUT2D eigenvalue weighted by Gasteiger charge is 2.27. The lowest BCUT2D eigenvalue weighted by molar-refractivity contribution is -0.142. The number of halogens is 3. The summed E-state index contributed by atoms with van der Waals surface area (Å²) in [6.07, 6.45) is -5.38. The molecule has 0 spiro atoms. The lowest BCUT2D eigenvalue weighted by Gasteiger charge is -2.32. The Bertz CT molecular complexity index is 258. The molecule has 0 aliphatic carbocycles. The van der Waals surface area contributed by atoms with Crippen LogP contribution in [0.5, 0.6) is 0 Å². The molecule has 7 heteroatoms. The number of carboxylic acid groups (broad SMARTS) is 1. The zero-order valence-corrected chi connectivity index (χ0v) is 9.37. The minimum Gasteiger partial charge on any atom is -0.481 e. The lowest BCUT2D eigenvalue weighted by Crippen LogP contribution is -2.43. The number of rotatable bonds is 5. The Balaban J connectivity index is 2.23. The van der Waals surface area contributed by atoms with Gasteiger partial charge in [-0.15, -0.1) is 0 Å². The van der Waals surface area contributed by atoms with Crippen LogP contribution in [-0.4, -0.2) is 54.5 Å². The fourth-order valence-corrected chi connectivity index (χ4v) is 1.80. The van der Waals surface area contributed by atoms with E-state index in [-0.39, 0.29) is 12.8 Å². The molecule has 1 heterocycles. The molecule has 4 nitrogen and oxygen atoms in total. The SMILES string of the molecule is O=C(O)CC1CN(CCCC(F)(F)F)CCO1. The van der Waals surface area contributed by atoms with Crippen LogP contribution < -0.4 is 0 Å². The number of carbonyl (C=O) groups is 1. The van der Waals surface area contributed by atoms with Crippen LogP contribution in [0.3, 0.4) is 0 Å². The fourth-order valence-electron chi connectivity index (χ4n) is 1.80. The third-order valence-corrected chi connectivity index (χ3v) is 2.56. The summed E-state index contributed by atoms with van der Waals surface area (Å²) in [5.41, 5.74) is 0. The maximum Gasteiger partial charge on any atom is 0.389 e. The second-order valence-corrected chi connectivity index (χ2v) is 4.11. The van der Waals surface area contributed by atoms with E-state index in [1.54, 1.807) is 0 Å². The van der Waals surface area contributed by atoms with Crippen molar-refractivity contribution >= 4 is 5.97 Å². The molecule has 0 amide bonds. The molecular formula is C10H16F3NO3. The largest absolute Gasteiger partial charge is 0.481 e. The van der Waals surface area contributed by atoms with Crippen LogP contribution in [0.15, 0.2) is 0 Å². The topological polar surface area (TPSA) is 49.8 Å². The van der Waals surface area contributed by atoms with Crippen LogP contribution in [0.25, 0.3) is 0 Å². The van der Waals surface area contributed by atoms with Crippen LogP contribution in [0.2, 0.25) is 0 Å². The van der Waals surface area contributed by atoms with Crippen molar-refractivity contribution in [1.29, 1.82) is 0 Å². The Morgan fingerprint density at radius 2 is 2.18 bits per heavy atom. The second kappa shape index (κ2) is 6.20. The number of alkyl halides is 3. The minimum atomic E-state index is -4.12. The molecule has 1 aliphatic heterocycles. The summed E-state index contributed by atoms with van der Waals surface area (Å²) in [5.74, 6) is -0.952. The van der Waals surface area contributed by atoms with Gasteiger partial charge < -0.3 is 9.84 Å². The van der Waals surface area contributed by atoms with Crippen molar-refractivity contribution in [3.63, 3.8) is 0 Å². The van der Waals surface area contributed by atoms with Crippen LogP contribution in [-0.2, 0) is 9.53 Å². The van der Waals surface area contributed by atoms with Gasteiger partial charge in [-0.05, 0) is 13.0 Å². The van der Waals surface area contributed by atoms with Gasteiger partial charge in [0.2, 0.25) is 0 Å². The van der Waals surface area contributed by atoms with Crippen LogP contribution in [0.4, 0.5) is 13.2 Å². The van der Waals surface area contributed by atoms with Crippen LogP contribution in [0, 0.1) is 0 Å². The standard InChI is InChI=1S/C10H16F3NO3/c11-10(12,13)2-1-3-14-4-5-17-8(7-14)6-9(15)16/h8H,1-7H2,(H,15,16). The summed E-state index contributed by atoms with van der Waals surface area (Å²) >= 11 is 0. The molecule has 17 heavy (non-hydrogen) atoms. The Kier molecular flexibility index (Phi) is 5.20. The first-order valence-electron chi connectivity index (χ1n) is 5.49. The highest BCUT2D eigenvalue weighted by atomic mass is 19.4. The zero-order valence-electron chi connectivity index (χ0n) is 9.37. The third kappa shape index (κ3) is 6.48. The van der Waals surface area contributed by atoms with Crippen molar-refractivity contribution in [2.75, 3.05) is 26.2 Å². The van der Waals surface area contributed by atoms with Crippen LogP contribution in [0.1, 0.15) is 19.3 Å². The summed E-state index contributed by atoms with van der Waals surface area (Å²) < 4.78 is 41.0. The molecule has 0 radical (unpaired) electrons. The van der Waals surface area contributed by atoms with E-state index in [4.69, 9.17) is 9.84 Å². The van der Waals surface area contributed by atoms with Gasteiger partial charge in [-0.3, -0.25) is 9.69 Å². The maximum atomic E-state index is 11.9. The first-order valence-corrected chi connectivity index (χ1v) is 5.49. The molecule has 1 fully saturated rings. The molecule has 0 aromatic heterocycles.